The van der Waals surface area contributed by atoms with E-state index in [0.717, 1.165) is 15.3 Å². The first kappa shape index (κ1) is 14.2. The summed E-state index contributed by atoms with van der Waals surface area (Å²) in [6, 6.07) is 13.0. The van der Waals surface area contributed by atoms with Crippen molar-refractivity contribution in [3.63, 3.8) is 0 Å². The number of rotatable bonds is 3. The highest BCUT2D eigenvalue weighted by Gasteiger charge is 2.30. The summed E-state index contributed by atoms with van der Waals surface area (Å²) in [6.07, 6.45) is -4.29. The molecule has 0 radical (unpaired) electrons. The molecule has 0 aliphatic rings. The van der Waals surface area contributed by atoms with Crippen molar-refractivity contribution in [2.24, 2.45) is 0 Å². The largest absolute Gasteiger partial charge is 0.416 e. The molecule has 0 unspecified atom stereocenters. The van der Waals surface area contributed by atoms with E-state index in [-0.39, 0.29) is 0 Å². The maximum Gasteiger partial charge on any atom is 0.416 e. The van der Waals surface area contributed by atoms with E-state index in [2.05, 4.69) is 27.9 Å². The van der Waals surface area contributed by atoms with E-state index in [1.807, 2.05) is 24.3 Å². The van der Waals surface area contributed by atoms with Gasteiger partial charge in [0.25, 0.3) is 0 Å². The minimum absolute atomic E-state index is 0.366. The van der Waals surface area contributed by atoms with Gasteiger partial charge in [-0.2, -0.15) is 13.2 Å². The lowest BCUT2D eigenvalue weighted by molar-refractivity contribution is -0.137. The Bertz CT molecular complexity index is 549. The predicted molar refractivity (Wildman–Crippen MR) is 77.9 cm³/mol. The summed E-state index contributed by atoms with van der Waals surface area (Å²) < 4.78 is 38.8. The summed E-state index contributed by atoms with van der Waals surface area (Å²) in [5.74, 6) is 0. The standard InChI is InChI=1S/C14H11F3IN/c15-14(16,17)11-3-1-2-10(8-11)9-19-13-6-4-12(18)5-7-13/h1-8,19H,9H2. The van der Waals surface area contributed by atoms with E-state index in [4.69, 9.17) is 0 Å². The average Bonchev–Trinajstić information content (AvgIpc) is 2.37. The highest BCUT2D eigenvalue weighted by atomic mass is 127. The molecule has 1 nitrogen and oxygen atoms in total. The second-order valence-corrected chi connectivity index (χ2v) is 5.30. The van der Waals surface area contributed by atoms with E-state index in [1.165, 1.54) is 12.1 Å². The van der Waals surface area contributed by atoms with Gasteiger partial charge in [-0.05, 0) is 64.6 Å². The SMILES string of the molecule is FC(F)(F)c1cccc(CNc2ccc(I)cc2)c1. The lowest BCUT2D eigenvalue weighted by atomic mass is 10.1. The molecule has 0 saturated heterocycles. The van der Waals surface area contributed by atoms with Gasteiger partial charge in [0.15, 0.2) is 0 Å². The van der Waals surface area contributed by atoms with Crippen LogP contribution in [-0.2, 0) is 12.7 Å². The number of benzene rings is 2. The fourth-order valence-corrected chi connectivity index (χ4v) is 1.99. The maximum absolute atomic E-state index is 12.6. The molecule has 2 aromatic carbocycles. The molecule has 19 heavy (non-hydrogen) atoms. The summed E-state index contributed by atoms with van der Waals surface area (Å²) in [5.41, 5.74) is 0.876. The summed E-state index contributed by atoms with van der Waals surface area (Å²) in [5, 5.41) is 3.10. The van der Waals surface area contributed by atoms with Crippen LogP contribution in [0.2, 0.25) is 0 Å². The molecule has 100 valence electrons. The normalized spacial score (nSPS) is 11.4. The van der Waals surface area contributed by atoms with Crippen molar-refractivity contribution in [3.8, 4) is 0 Å². The average molecular weight is 377 g/mol. The lowest BCUT2D eigenvalue weighted by Gasteiger charge is -2.10. The topological polar surface area (TPSA) is 12.0 Å². The first-order chi connectivity index (χ1) is 8.95. The molecule has 2 aromatic rings. The second-order valence-electron chi connectivity index (χ2n) is 4.06. The molecule has 0 aliphatic carbocycles. The van der Waals surface area contributed by atoms with Crippen LogP contribution in [0.1, 0.15) is 11.1 Å². The third-order valence-corrected chi connectivity index (χ3v) is 3.31. The minimum atomic E-state index is -4.29. The highest BCUT2D eigenvalue weighted by molar-refractivity contribution is 14.1. The monoisotopic (exact) mass is 377 g/mol. The van der Waals surface area contributed by atoms with E-state index in [1.54, 1.807) is 6.07 Å². The zero-order valence-electron chi connectivity index (χ0n) is 9.84. The fourth-order valence-electron chi connectivity index (χ4n) is 1.63. The van der Waals surface area contributed by atoms with Crippen LogP contribution in [0.4, 0.5) is 18.9 Å². The molecule has 0 heterocycles. The zero-order chi connectivity index (χ0) is 13.9. The molecule has 5 heteroatoms. The first-order valence-corrected chi connectivity index (χ1v) is 6.68. The van der Waals surface area contributed by atoms with E-state index < -0.39 is 11.7 Å². The Morgan fingerprint density at radius 2 is 1.68 bits per heavy atom. The third kappa shape index (κ3) is 4.12. The quantitative estimate of drug-likeness (QED) is 0.749. The molecular weight excluding hydrogens is 366 g/mol. The van der Waals surface area contributed by atoms with Crippen LogP contribution in [0.15, 0.2) is 48.5 Å². The predicted octanol–water partition coefficient (Wildman–Crippen LogP) is 4.92. The highest BCUT2D eigenvalue weighted by Crippen LogP contribution is 2.29. The van der Waals surface area contributed by atoms with Gasteiger partial charge in [0.05, 0.1) is 5.56 Å². The van der Waals surface area contributed by atoms with Crippen molar-refractivity contribution < 1.29 is 13.2 Å². The number of anilines is 1. The van der Waals surface area contributed by atoms with Crippen LogP contribution in [0.5, 0.6) is 0 Å². The maximum atomic E-state index is 12.6. The van der Waals surface area contributed by atoms with Crippen molar-refractivity contribution in [2.75, 3.05) is 5.32 Å². The van der Waals surface area contributed by atoms with Crippen molar-refractivity contribution in [3.05, 3.63) is 63.2 Å². The van der Waals surface area contributed by atoms with Gasteiger partial charge in [-0.3, -0.25) is 0 Å². The van der Waals surface area contributed by atoms with Crippen LogP contribution < -0.4 is 5.32 Å². The van der Waals surface area contributed by atoms with Crippen LogP contribution in [0.3, 0.4) is 0 Å². The second kappa shape index (κ2) is 5.81. The van der Waals surface area contributed by atoms with E-state index in [0.29, 0.717) is 12.1 Å². The fraction of sp³-hybridized carbons (Fsp3) is 0.143. The number of nitrogens with one attached hydrogen (secondary N) is 1. The number of alkyl halides is 3. The summed E-state index contributed by atoms with van der Waals surface area (Å²) in [4.78, 5) is 0. The Morgan fingerprint density at radius 3 is 2.32 bits per heavy atom. The Kier molecular flexibility index (Phi) is 4.34. The third-order valence-electron chi connectivity index (χ3n) is 2.60. The molecule has 2 rings (SSSR count). The van der Waals surface area contributed by atoms with Crippen LogP contribution in [-0.4, -0.2) is 0 Å². The number of hydrogen-bond acceptors (Lipinski definition) is 1. The lowest BCUT2D eigenvalue weighted by Crippen LogP contribution is -2.06. The molecule has 0 fully saturated rings. The van der Waals surface area contributed by atoms with E-state index >= 15 is 0 Å². The van der Waals surface area contributed by atoms with Crippen LogP contribution in [0, 0.1) is 3.57 Å². The summed E-state index contributed by atoms with van der Waals surface area (Å²) in [6.45, 7) is 0.366. The van der Waals surface area contributed by atoms with Crippen molar-refractivity contribution in [1.82, 2.24) is 0 Å². The molecule has 0 saturated carbocycles. The summed E-state index contributed by atoms with van der Waals surface area (Å²) in [7, 11) is 0. The molecule has 0 amide bonds. The Morgan fingerprint density at radius 1 is 1.00 bits per heavy atom. The van der Waals surface area contributed by atoms with Gasteiger partial charge >= 0.3 is 6.18 Å². The number of halogens is 4. The van der Waals surface area contributed by atoms with Gasteiger partial charge in [0, 0.05) is 15.8 Å². The molecular formula is C14H11F3IN. The zero-order valence-corrected chi connectivity index (χ0v) is 12.0. The smallest absolute Gasteiger partial charge is 0.381 e. The Labute approximate surface area is 123 Å². The van der Waals surface area contributed by atoms with Crippen molar-refractivity contribution in [1.29, 1.82) is 0 Å². The molecule has 0 bridgehead atoms. The summed E-state index contributed by atoms with van der Waals surface area (Å²) >= 11 is 2.20. The Hall–Kier alpha value is -1.24. The van der Waals surface area contributed by atoms with E-state index in [9.17, 15) is 13.2 Å². The molecule has 0 atom stereocenters. The van der Waals surface area contributed by atoms with Gasteiger partial charge in [-0.1, -0.05) is 12.1 Å². The minimum Gasteiger partial charge on any atom is -0.381 e. The van der Waals surface area contributed by atoms with Gasteiger partial charge in [0.2, 0.25) is 0 Å². The molecule has 0 aliphatic heterocycles. The Balaban J connectivity index is 2.05. The molecule has 0 spiro atoms. The van der Waals surface area contributed by atoms with Gasteiger partial charge in [-0.15, -0.1) is 0 Å². The number of hydrogen-bond donors (Lipinski definition) is 1. The first-order valence-electron chi connectivity index (χ1n) is 5.61. The van der Waals surface area contributed by atoms with Gasteiger partial charge in [-0.25, -0.2) is 0 Å². The van der Waals surface area contributed by atoms with Gasteiger partial charge < -0.3 is 5.32 Å². The van der Waals surface area contributed by atoms with Crippen LogP contribution >= 0.6 is 22.6 Å². The molecule has 1 N–H and O–H groups in total. The van der Waals surface area contributed by atoms with Crippen LogP contribution in [0.25, 0.3) is 0 Å². The van der Waals surface area contributed by atoms with Crippen molar-refractivity contribution >= 4 is 28.3 Å². The molecule has 0 aromatic heterocycles. The van der Waals surface area contributed by atoms with Gasteiger partial charge in [0.1, 0.15) is 0 Å². The van der Waals surface area contributed by atoms with Crippen molar-refractivity contribution in [2.45, 2.75) is 12.7 Å².